The highest BCUT2D eigenvalue weighted by molar-refractivity contribution is 14.0. The lowest BCUT2D eigenvalue weighted by Crippen LogP contribution is -2.38. The summed E-state index contributed by atoms with van der Waals surface area (Å²) in [4.78, 5) is 4.78. The van der Waals surface area contributed by atoms with Gasteiger partial charge in [-0.3, -0.25) is 0 Å². The molecule has 1 aliphatic rings. The van der Waals surface area contributed by atoms with Gasteiger partial charge in [-0.25, -0.2) is 4.99 Å². The molecular weight excluding hydrogens is 533 g/mol. The molecule has 2 N–H and O–H groups in total. The molecule has 0 aromatic heterocycles. The van der Waals surface area contributed by atoms with Crippen LogP contribution >= 0.6 is 24.0 Å². The highest BCUT2D eigenvalue weighted by Gasteiger charge is 2.18. The van der Waals surface area contributed by atoms with Crippen molar-refractivity contribution in [2.45, 2.75) is 39.3 Å². The summed E-state index contributed by atoms with van der Waals surface area (Å²) in [7, 11) is 3.29. The van der Waals surface area contributed by atoms with Crippen LogP contribution in [0.1, 0.15) is 30.0 Å². The molecule has 1 aliphatic heterocycles. The Morgan fingerprint density at radius 3 is 2.58 bits per heavy atom. The third-order valence-electron chi connectivity index (χ3n) is 5.31. The van der Waals surface area contributed by atoms with Gasteiger partial charge in [0, 0.05) is 25.1 Å². The van der Waals surface area contributed by atoms with Crippen molar-refractivity contribution in [3.05, 3.63) is 53.1 Å². The molecule has 1 atom stereocenters. The molecule has 1 saturated heterocycles. The first kappa shape index (κ1) is 27.0. The van der Waals surface area contributed by atoms with Crippen molar-refractivity contribution < 1.29 is 18.9 Å². The molecule has 0 saturated carbocycles. The van der Waals surface area contributed by atoms with Crippen molar-refractivity contribution in [2.75, 3.05) is 40.5 Å². The summed E-state index contributed by atoms with van der Waals surface area (Å²) >= 11 is 0. The Balaban J connectivity index is 0.00000385. The molecule has 7 nitrogen and oxygen atoms in total. The van der Waals surface area contributed by atoms with E-state index in [4.69, 9.17) is 23.9 Å². The lowest BCUT2D eigenvalue weighted by Gasteiger charge is -2.16. The lowest BCUT2D eigenvalue weighted by atomic mass is 10.1. The van der Waals surface area contributed by atoms with Gasteiger partial charge in [-0.05, 0) is 49.6 Å². The van der Waals surface area contributed by atoms with Gasteiger partial charge in [0.2, 0.25) is 0 Å². The Labute approximate surface area is 214 Å². The number of methoxy groups -OCH3 is 2. The van der Waals surface area contributed by atoms with Crippen molar-refractivity contribution in [1.29, 1.82) is 0 Å². The Morgan fingerprint density at radius 1 is 1.06 bits per heavy atom. The second-order valence-electron chi connectivity index (χ2n) is 7.78. The molecule has 2 aromatic rings. The molecule has 33 heavy (non-hydrogen) atoms. The molecule has 2 aromatic carbocycles. The molecule has 182 valence electrons. The van der Waals surface area contributed by atoms with E-state index in [-0.39, 0.29) is 30.1 Å². The van der Waals surface area contributed by atoms with Gasteiger partial charge in [-0.1, -0.05) is 18.2 Å². The highest BCUT2D eigenvalue weighted by Crippen LogP contribution is 2.27. The zero-order valence-electron chi connectivity index (χ0n) is 20.0. The summed E-state index contributed by atoms with van der Waals surface area (Å²) in [6.45, 7) is 7.62. The molecule has 8 heteroatoms. The van der Waals surface area contributed by atoms with Crippen molar-refractivity contribution in [2.24, 2.45) is 4.99 Å². The smallest absolute Gasteiger partial charge is 0.191 e. The number of ether oxygens (including phenoxy) is 4. The van der Waals surface area contributed by atoms with Gasteiger partial charge in [0.1, 0.15) is 11.9 Å². The first-order valence-corrected chi connectivity index (χ1v) is 11.2. The second-order valence-corrected chi connectivity index (χ2v) is 7.78. The molecular formula is C25H36IN3O4. The predicted octanol–water partition coefficient (Wildman–Crippen LogP) is 4.10. The number of aliphatic imine (C=N–C) groups is 1. The number of nitrogens with zero attached hydrogens (tertiary/aromatic N) is 1. The first-order chi connectivity index (χ1) is 15.6. The van der Waals surface area contributed by atoms with Gasteiger partial charge in [0.05, 0.1) is 34.0 Å². The Hall–Kier alpha value is -2.20. The van der Waals surface area contributed by atoms with Crippen LogP contribution in [0.2, 0.25) is 0 Å². The van der Waals surface area contributed by atoms with Crippen molar-refractivity contribution in [1.82, 2.24) is 10.6 Å². The molecule has 1 unspecified atom stereocenters. The number of benzene rings is 2. The minimum atomic E-state index is 0. The quantitative estimate of drug-likeness (QED) is 0.255. The third-order valence-corrected chi connectivity index (χ3v) is 5.31. The summed E-state index contributed by atoms with van der Waals surface area (Å²) in [6, 6.07) is 12.3. The number of hydrogen-bond donors (Lipinski definition) is 2. The zero-order chi connectivity index (χ0) is 22.8. The van der Waals surface area contributed by atoms with Gasteiger partial charge in [-0.2, -0.15) is 0 Å². The van der Waals surface area contributed by atoms with E-state index >= 15 is 0 Å². The fraction of sp³-hybridized carbons (Fsp3) is 0.480. The summed E-state index contributed by atoms with van der Waals surface area (Å²) in [5, 5.41) is 6.73. The van der Waals surface area contributed by atoms with E-state index in [1.54, 1.807) is 14.2 Å². The van der Waals surface area contributed by atoms with Crippen LogP contribution in [0.15, 0.2) is 41.4 Å². The van der Waals surface area contributed by atoms with Crippen LogP contribution in [0, 0.1) is 6.92 Å². The average molecular weight is 569 g/mol. The standard InChI is InChI=1S/C25H35N3O4.HI/c1-5-26-25(27-12-10-19-7-9-22(29-3)24(15-19)30-4)28-16-20-8-6-18(2)14-23(20)32-21-11-13-31-17-21;/h6-9,14-15,21H,5,10-13,16-17H2,1-4H3,(H2,26,27,28);1H. The number of aryl methyl sites for hydroxylation is 1. The number of hydrogen-bond acceptors (Lipinski definition) is 5. The molecule has 0 radical (unpaired) electrons. The van der Waals surface area contributed by atoms with E-state index in [0.29, 0.717) is 13.2 Å². The molecule has 0 aliphatic carbocycles. The number of halogens is 1. The lowest BCUT2D eigenvalue weighted by molar-refractivity contribution is 0.140. The van der Waals surface area contributed by atoms with Crippen molar-refractivity contribution in [3.8, 4) is 17.2 Å². The minimum Gasteiger partial charge on any atom is -0.493 e. The Morgan fingerprint density at radius 2 is 1.88 bits per heavy atom. The zero-order valence-corrected chi connectivity index (χ0v) is 22.3. The van der Waals surface area contributed by atoms with Crippen LogP contribution < -0.4 is 24.8 Å². The van der Waals surface area contributed by atoms with Crippen LogP contribution in [-0.4, -0.2) is 52.6 Å². The third kappa shape index (κ3) is 8.26. The summed E-state index contributed by atoms with van der Waals surface area (Å²) in [6.07, 6.45) is 1.88. The fourth-order valence-electron chi connectivity index (χ4n) is 3.55. The van der Waals surface area contributed by atoms with E-state index in [9.17, 15) is 0 Å². The maximum Gasteiger partial charge on any atom is 0.191 e. The molecule has 0 amide bonds. The largest absolute Gasteiger partial charge is 0.493 e. The predicted molar refractivity (Wildman–Crippen MR) is 143 cm³/mol. The minimum absolute atomic E-state index is 0. The number of rotatable bonds is 10. The van der Waals surface area contributed by atoms with E-state index in [1.165, 1.54) is 11.1 Å². The van der Waals surface area contributed by atoms with Crippen LogP contribution in [0.25, 0.3) is 0 Å². The van der Waals surface area contributed by atoms with Crippen LogP contribution in [0.3, 0.4) is 0 Å². The summed E-state index contributed by atoms with van der Waals surface area (Å²) in [5.74, 6) is 3.15. The van der Waals surface area contributed by atoms with Gasteiger partial charge >= 0.3 is 0 Å². The normalized spacial score (nSPS) is 15.5. The molecule has 0 bridgehead atoms. The number of guanidine groups is 1. The van der Waals surface area contributed by atoms with Crippen molar-refractivity contribution in [3.63, 3.8) is 0 Å². The second kappa shape index (κ2) is 14.1. The Bertz CT molecular complexity index is 901. The van der Waals surface area contributed by atoms with Gasteiger partial charge in [-0.15, -0.1) is 24.0 Å². The fourth-order valence-corrected chi connectivity index (χ4v) is 3.55. The maximum absolute atomic E-state index is 6.20. The topological polar surface area (TPSA) is 73.3 Å². The van der Waals surface area contributed by atoms with E-state index in [0.717, 1.165) is 61.3 Å². The summed E-state index contributed by atoms with van der Waals surface area (Å²) in [5.41, 5.74) is 3.41. The van der Waals surface area contributed by atoms with Crippen LogP contribution in [-0.2, 0) is 17.7 Å². The Kier molecular flexibility index (Phi) is 11.6. The van der Waals surface area contributed by atoms with E-state index in [1.807, 2.05) is 12.1 Å². The number of nitrogens with one attached hydrogen (secondary N) is 2. The molecule has 1 fully saturated rings. The SMILES string of the molecule is CCNC(=NCc1ccc(C)cc1OC1CCOC1)NCCc1ccc(OC)c(OC)c1.I. The first-order valence-electron chi connectivity index (χ1n) is 11.2. The van der Waals surface area contributed by atoms with E-state index in [2.05, 4.69) is 48.7 Å². The van der Waals surface area contributed by atoms with Crippen LogP contribution in [0.4, 0.5) is 0 Å². The van der Waals surface area contributed by atoms with Crippen LogP contribution in [0.5, 0.6) is 17.2 Å². The summed E-state index contributed by atoms with van der Waals surface area (Å²) < 4.78 is 22.4. The molecule has 1 heterocycles. The highest BCUT2D eigenvalue weighted by atomic mass is 127. The molecule has 3 rings (SSSR count). The van der Waals surface area contributed by atoms with E-state index < -0.39 is 0 Å². The van der Waals surface area contributed by atoms with Crippen molar-refractivity contribution >= 4 is 29.9 Å². The van der Waals surface area contributed by atoms with Gasteiger partial charge in [0.15, 0.2) is 17.5 Å². The monoisotopic (exact) mass is 569 g/mol. The maximum atomic E-state index is 6.20. The average Bonchev–Trinajstić information content (AvgIpc) is 3.31. The molecule has 0 spiro atoms. The van der Waals surface area contributed by atoms with Gasteiger partial charge < -0.3 is 29.6 Å². The van der Waals surface area contributed by atoms with Gasteiger partial charge in [0.25, 0.3) is 0 Å².